The molecule has 1 aromatic carbocycles. The van der Waals surface area contributed by atoms with Gasteiger partial charge in [0.25, 0.3) is 0 Å². The Kier molecular flexibility index (Phi) is 3.23. The molecule has 18 heavy (non-hydrogen) atoms. The Bertz CT molecular complexity index is 681. The molecule has 0 fully saturated rings. The number of hydrogen-bond donors (Lipinski definition) is 1. The summed E-state index contributed by atoms with van der Waals surface area (Å²) in [7, 11) is -3.20. The first-order valence-electron chi connectivity index (χ1n) is 5.01. The van der Waals surface area contributed by atoms with Crippen molar-refractivity contribution in [2.45, 2.75) is 4.90 Å². The van der Waals surface area contributed by atoms with Crippen molar-refractivity contribution >= 4 is 27.1 Å². The van der Waals surface area contributed by atoms with E-state index in [2.05, 4.69) is 0 Å². The van der Waals surface area contributed by atoms with Crippen LogP contribution in [0.2, 0.25) is 0 Å². The molecule has 2 aromatic rings. The predicted molar refractivity (Wildman–Crippen MR) is 69.8 cm³/mol. The molecule has 0 amide bonds. The van der Waals surface area contributed by atoms with Crippen LogP contribution >= 0.6 is 11.3 Å². The van der Waals surface area contributed by atoms with Gasteiger partial charge in [0.15, 0.2) is 9.84 Å². The molecule has 0 atom stereocenters. The molecule has 0 saturated heterocycles. The van der Waals surface area contributed by atoms with Gasteiger partial charge in [-0.15, -0.1) is 11.3 Å². The second kappa shape index (κ2) is 4.55. The highest BCUT2D eigenvalue weighted by Crippen LogP contribution is 2.28. The first-order valence-corrected chi connectivity index (χ1v) is 7.72. The van der Waals surface area contributed by atoms with E-state index >= 15 is 0 Å². The first kappa shape index (κ1) is 12.8. The van der Waals surface area contributed by atoms with Crippen LogP contribution in [0.25, 0.3) is 10.4 Å². The van der Waals surface area contributed by atoms with Crippen molar-refractivity contribution in [3.05, 3.63) is 41.3 Å². The zero-order valence-corrected chi connectivity index (χ0v) is 11.1. The Morgan fingerprint density at radius 1 is 1.11 bits per heavy atom. The fraction of sp³-hybridized carbons (Fsp3) is 0.0833. The van der Waals surface area contributed by atoms with Crippen LogP contribution in [0.3, 0.4) is 0 Å². The van der Waals surface area contributed by atoms with E-state index < -0.39 is 15.8 Å². The number of benzene rings is 1. The van der Waals surface area contributed by atoms with E-state index in [0.29, 0.717) is 0 Å². The molecule has 0 radical (unpaired) electrons. The van der Waals surface area contributed by atoms with Gasteiger partial charge in [-0.05, 0) is 29.8 Å². The van der Waals surface area contributed by atoms with Crippen molar-refractivity contribution in [1.29, 1.82) is 0 Å². The van der Waals surface area contributed by atoms with Crippen molar-refractivity contribution in [2.24, 2.45) is 0 Å². The van der Waals surface area contributed by atoms with Gasteiger partial charge in [-0.25, -0.2) is 13.2 Å². The molecule has 0 aliphatic heterocycles. The molecular weight excluding hydrogens is 272 g/mol. The van der Waals surface area contributed by atoms with Gasteiger partial charge in [0.2, 0.25) is 0 Å². The maximum atomic E-state index is 11.3. The van der Waals surface area contributed by atoms with Gasteiger partial charge < -0.3 is 5.11 Å². The Morgan fingerprint density at radius 2 is 1.72 bits per heavy atom. The lowest BCUT2D eigenvalue weighted by molar-refractivity contribution is 0.0702. The fourth-order valence-electron chi connectivity index (χ4n) is 1.47. The lowest BCUT2D eigenvalue weighted by atomic mass is 10.2. The number of sulfone groups is 1. The highest BCUT2D eigenvalue weighted by atomic mass is 32.2. The summed E-state index contributed by atoms with van der Waals surface area (Å²) >= 11 is 1.16. The van der Waals surface area contributed by atoms with Gasteiger partial charge in [0.05, 0.1) is 4.90 Å². The lowest BCUT2D eigenvalue weighted by Crippen LogP contribution is -1.95. The average Bonchev–Trinajstić information content (AvgIpc) is 2.77. The zero-order valence-electron chi connectivity index (χ0n) is 9.45. The van der Waals surface area contributed by atoms with Crippen molar-refractivity contribution in [1.82, 2.24) is 0 Å². The SMILES string of the molecule is CS(=O)(=O)c1ccc(-c2ccc(C(=O)O)s2)cc1. The minimum atomic E-state index is -3.20. The molecule has 0 bridgehead atoms. The minimum Gasteiger partial charge on any atom is -0.477 e. The standard InChI is InChI=1S/C12H10O4S2/c1-18(15,16)9-4-2-8(3-5-9)10-6-7-11(17-10)12(13)14/h2-7H,1H3,(H,13,14). The van der Waals surface area contributed by atoms with Crippen LogP contribution in [0, 0.1) is 0 Å². The number of rotatable bonds is 3. The molecule has 0 unspecified atom stereocenters. The maximum Gasteiger partial charge on any atom is 0.345 e. The van der Waals surface area contributed by atoms with Gasteiger partial charge in [0, 0.05) is 11.1 Å². The molecule has 2 rings (SSSR count). The third-order valence-corrected chi connectivity index (χ3v) is 4.63. The number of carboxylic acids is 1. The molecule has 4 nitrogen and oxygen atoms in total. The van der Waals surface area contributed by atoms with Gasteiger partial charge in [-0.1, -0.05) is 12.1 Å². The summed E-state index contributed by atoms with van der Waals surface area (Å²) in [6.07, 6.45) is 1.15. The van der Waals surface area contributed by atoms with Gasteiger partial charge >= 0.3 is 5.97 Å². The van der Waals surface area contributed by atoms with E-state index in [9.17, 15) is 13.2 Å². The number of hydrogen-bond acceptors (Lipinski definition) is 4. The van der Waals surface area contributed by atoms with E-state index in [4.69, 9.17) is 5.11 Å². The smallest absolute Gasteiger partial charge is 0.345 e. The molecule has 94 valence electrons. The highest BCUT2D eigenvalue weighted by Gasteiger charge is 2.10. The first-order chi connectivity index (χ1) is 8.38. The number of carbonyl (C=O) groups is 1. The Morgan fingerprint density at radius 3 is 2.17 bits per heavy atom. The van der Waals surface area contributed by atoms with Gasteiger partial charge in [-0.2, -0.15) is 0 Å². The molecule has 0 aliphatic carbocycles. The fourth-order valence-corrected chi connectivity index (χ4v) is 2.96. The molecule has 0 aliphatic rings. The average molecular weight is 282 g/mol. The van der Waals surface area contributed by atoms with E-state index in [1.54, 1.807) is 18.2 Å². The van der Waals surface area contributed by atoms with Crippen molar-refractivity contribution < 1.29 is 18.3 Å². The summed E-state index contributed by atoms with van der Waals surface area (Å²) < 4.78 is 22.6. The molecule has 1 N–H and O–H groups in total. The zero-order chi connectivity index (χ0) is 13.3. The van der Waals surface area contributed by atoms with Crippen molar-refractivity contribution in [3.8, 4) is 10.4 Å². The second-order valence-electron chi connectivity index (χ2n) is 3.77. The Labute approximate surface area is 108 Å². The monoisotopic (exact) mass is 282 g/mol. The largest absolute Gasteiger partial charge is 0.477 e. The molecule has 0 spiro atoms. The third-order valence-electron chi connectivity index (χ3n) is 2.38. The van der Waals surface area contributed by atoms with Crippen LogP contribution in [0.15, 0.2) is 41.3 Å². The maximum absolute atomic E-state index is 11.3. The van der Waals surface area contributed by atoms with Gasteiger partial charge in [0.1, 0.15) is 4.88 Å². The summed E-state index contributed by atoms with van der Waals surface area (Å²) in [4.78, 5) is 12.1. The quantitative estimate of drug-likeness (QED) is 0.939. The van der Waals surface area contributed by atoms with E-state index in [-0.39, 0.29) is 9.77 Å². The molecular formula is C12H10O4S2. The summed E-state index contributed by atoms with van der Waals surface area (Å²) in [6.45, 7) is 0. The van der Waals surface area contributed by atoms with Crippen LogP contribution < -0.4 is 0 Å². The number of thiophene rings is 1. The van der Waals surface area contributed by atoms with Crippen molar-refractivity contribution in [2.75, 3.05) is 6.26 Å². The highest BCUT2D eigenvalue weighted by molar-refractivity contribution is 7.90. The molecule has 0 saturated carbocycles. The topological polar surface area (TPSA) is 71.4 Å². The summed E-state index contributed by atoms with van der Waals surface area (Å²) in [6, 6.07) is 9.63. The van der Waals surface area contributed by atoms with E-state index in [1.807, 2.05) is 0 Å². The summed E-state index contributed by atoms with van der Waals surface area (Å²) in [5.74, 6) is -0.959. The lowest BCUT2D eigenvalue weighted by Gasteiger charge is -2.00. The Hall–Kier alpha value is -1.66. The molecule has 1 heterocycles. The second-order valence-corrected chi connectivity index (χ2v) is 6.87. The molecule has 6 heteroatoms. The number of aromatic carboxylic acids is 1. The summed E-state index contributed by atoms with van der Waals surface area (Å²) in [5.41, 5.74) is 0.805. The van der Waals surface area contributed by atoms with E-state index in [0.717, 1.165) is 28.0 Å². The van der Waals surface area contributed by atoms with Crippen LogP contribution in [0.1, 0.15) is 9.67 Å². The Balaban J connectivity index is 2.37. The minimum absolute atomic E-state index is 0.251. The van der Waals surface area contributed by atoms with Crippen LogP contribution in [-0.2, 0) is 9.84 Å². The van der Waals surface area contributed by atoms with Crippen molar-refractivity contribution in [3.63, 3.8) is 0 Å². The number of carboxylic acid groups (broad SMARTS) is 1. The summed E-state index contributed by atoms with van der Waals surface area (Å²) in [5, 5.41) is 8.83. The molecule has 1 aromatic heterocycles. The normalized spacial score (nSPS) is 11.4. The van der Waals surface area contributed by atoms with Crippen LogP contribution in [0.4, 0.5) is 0 Å². The predicted octanol–water partition coefficient (Wildman–Crippen LogP) is 2.52. The third kappa shape index (κ3) is 2.60. The van der Waals surface area contributed by atoms with Crippen LogP contribution in [0.5, 0.6) is 0 Å². The van der Waals surface area contributed by atoms with Gasteiger partial charge in [-0.3, -0.25) is 0 Å². The van der Waals surface area contributed by atoms with E-state index in [1.165, 1.54) is 18.2 Å². The van der Waals surface area contributed by atoms with Crippen LogP contribution in [-0.4, -0.2) is 25.7 Å².